The molecule has 0 atom stereocenters. The summed E-state index contributed by atoms with van der Waals surface area (Å²) in [5.74, 6) is 1.17. The van der Waals surface area contributed by atoms with E-state index in [-0.39, 0.29) is 0 Å². The van der Waals surface area contributed by atoms with Crippen LogP contribution in [0.4, 0.5) is 0 Å². The molecule has 0 fully saturated rings. The van der Waals surface area contributed by atoms with Crippen molar-refractivity contribution in [1.29, 1.82) is 0 Å². The number of pyridine rings is 1. The molecule has 0 spiro atoms. The molecule has 1 N–H and O–H groups in total. The molecule has 112 valence electrons. The first kappa shape index (κ1) is 16.1. The fourth-order valence-corrected chi connectivity index (χ4v) is 2.13. The van der Waals surface area contributed by atoms with E-state index in [1.54, 1.807) is 18.2 Å². The zero-order chi connectivity index (χ0) is 15.4. The van der Waals surface area contributed by atoms with Crippen LogP contribution < -0.4 is 10.1 Å². The molecule has 1 aromatic carbocycles. The molecule has 0 bridgehead atoms. The van der Waals surface area contributed by atoms with Crippen molar-refractivity contribution in [2.75, 3.05) is 0 Å². The zero-order valence-electron chi connectivity index (χ0n) is 12.3. The van der Waals surface area contributed by atoms with Gasteiger partial charge in [-0.15, -0.1) is 0 Å². The summed E-state index contributed by atoms with van der Waals surface area (Å²) in [5.41, 5.74) is 2.04. The molecular weight excluding hydrogens is 307 g/mol. The van der Waals surface area contributed by atoms with E-state index in [4.69, 9.17) is 27.9 Å². The number of benzene rings is 1. The highest BCUT2D eigenvalue weighted by atomic mass is 35.5. The first-order valence-corrected chi connectivity index (χ1v) is 7.53. The first-order valence-electron chi connectivity index (χ1n) is 6.78. The Kier molecular flexibility index (Phi) is 5.45. The van der Waals surface area contributed by atoms with Crippen LogP contribution in [-0.4, -0.2) is 11.0 Å². The van der Waals surface area contributed by atoms with Gasteiger partial charge in [0.2, 0.25) is 5.88 Å². The first-order chi connectivity index (χ1) is 9.94. The van der Waals surface area contributed by atoms with Crippen LogP contribution in [0.2, 0.25) is 10.0 Å². The maximum atomic E-state index is 5.98. The molecule has 0 aliphatic heterocycles. The SMILES string of the molecule is Cc1cc(CNC(C)C)cc(Oc2ccc(Cl)c(Cl)c2)n1. The number of rotatable bonds is 5. The van der Waals surface area contributed by atoms with E-state index in [9.17, 15) is 0 Å². The van der Waals surface area contributed by atoms with Crippen LogP contribution in [0.25, 0.3) is 0 Å². The van der Waals surface area contributed by atoms with Gasteiger partial charge in [0.25, 0.3) is 0 Å². The summed E-state index contributed by atoms with van der Waals surface area (Å²) in [4.78, 5) is 4.38. The smallest absolute Gasteiger partial charge is 0.219 e. The van der Waals surface area contributed by atoms with E-state index in [0.717, 1.165) is 17.8 Å². The second kappa shape index (κ2) is 7.12. The highest BCUT2D eigenvalue weighted by Gasteiger charge is 2.06. The summed E-state index contributed by atoms with van der Waals surface area (Å²) in [6, 6.07) is 9.54. The number of aryl methyl sites for hydroxylation is 1. The average Bonchev–Trinajstić information content (AvgIpc) is 2.40. The largest absolute Gasteiger partial charge is 0.439 e. The third-order valence-electron chi connectivity index (χ3n) is 2.82. The standard InChI is InChI=1S/C16H18Cl2N2O/c1-10(2)19-9-12-6-11(3)20-16(7-12)21-13-4-5-14(17)15(18)8-13/h4-8,10,19H,9H2,1-3H3. The molecule has 5 heteroatoms. The summed E-state index contributed by atoms with van der Waals surface area (Å²) in [6.45, 7) is 6.95. The molecule has 0 saturated carbocycles. The fourth-order valence-electron chi connectivity index (χ4n) is 1.84. The molecule has 0 aliphatic rings. The van der Waals surface area contributed by atoms with Gasteiger partial charge in [-0.05, 0) is 30.7 Å². The molecule has 2 aromatic rings. The van der Waals surface area contributed by atoms with Crippen molar-refractivity contribution in [3.05, 3.63) is 51.6 Å². The molecule has 0 saturated heterocycles. The van der Waals surface area contributed by atoms with E-state index >= 15 is 0 Å². The van der Waals surface area contributed by atoms with Gasteiger partial charge in [-0.1, -0.05) is 37.0 Å². The molecule has 0 radical (unpaired) electrons. The van der Waals surface area contributed by atoms with Crippen molar-refractivity contribution in [3.63, 3.8) is 0 Å². The van der Waals surface area contributed by atoms with Crippen molar-refractivity contribution in [2.24, 2.45) is 0 Å². The summed E-state index contributed by atoms with van der Waals surface area (Å²) in [7, 11) is 0. The number of nitrogens with one attached hydrogen (secondary N) is 1. The summed E-state index contributed by atoms with van der Waals surface area (Å²) in [5, 5.41) is 4.34. The highest BCUT2D eigenvalue weighted by Crippen LogP contribution is 2.29. The van der Waals surface area contributed by atoms with Gasteiger partial charge in [0.15, 0.2) is 0 Å². The Bertz CT molecular complexity index is 630. The van der Waals surface area contributed by atoms with Gasteiger partial charge in [-0.3, -0.25) is 0 Å². The Labute approximate surface area is 135 Å². The van der Waals surface area contributed by atoms with Gasteiger partial charge in [0.1, 0.15) is 5.75 Å². The van der Waals surface area contributed by atoms with Crippen LogP contribution in [0.1, 0.15) is 25.1 Å². The topological polar surface area (TPSA) is 34.1 Å². The van der Waals surface area contributed by atoms with E-state index in [0.29, 0.717) is 27.7 Å². The predicted molar refractivity (Wildman–Crippen MR) is 87.5 cm³/mol. The van der Waals surface area contributed by atoms with Gasteiger partial charge >= 0.3 is 0 Å². The molecule has 0 unspecified atom stereocenters. The van der Waals surface area contributed by atoms with Crippen LogP contribution in [0.3, 0.4) is 0 Å². The van der Waals surface area contributed by atoms with Crippen LogP contribution in [0.15, 0.2) is 30.3 Å². The zero-order valence-corrected chi connectivity index (χ0v) is 13.8. The van der Waals surface area contributed by atoms with Crippen LogP contribution in [0, 0.1) is 6.92 Å². The van der Waals surface area contributed by atoms with Crippen LogP contribution >= 0.6 is 23.2 Å². The fraction of sp³-hybridized carbons (Fsp3) is 0.312. The maximum Gasteiger partial charge on any atom is 0.219 e. The second-order valence-corrected chi connectivity index (χ2v) is 5.98. The molecular formula is C16H18Cl2N2O. The second-order valence-electron chi connectivity index (χ2n) is 5.17. The summed E-state index contributed by atoms with van der Waals surface area (Å²) in [6.07, 6.45) is 0. The Hall–Kier alpha value is -1.29. The van der Waals surface area contributed by atoms with Crippen molar-refractivity contribution in [3.8, 4) is 11.6 Å². The molecule has 0 aliphatic carbocycles. The quantitative estimate of drug-likeness (QED) is 0.841. The third kappa shape index (κ3) is 4.88. The van der Waals surface area contributed by atoms with Gasteiger partial charge in [-0.2, -0.15) is 0 Å². The lowest BCUT2D eigenvalue weighted by atomic mass is 10.2. The number of hydrogen-bond acceptors (Lipinski definition) is 3. The highest BCUT2D eigenvalue weighted by molar-refractivity contribution is 6.42. The Morgan fingerprint density at radius 1 is 1.14 bits per heavy atom. The lowest BCUT2D eigenvalue weighted by Gasteiger charge is -2.11. The van der Waals surface area contributed by atoms with Crippen molar-refractivity contribution in [2.45, 2.75) is 33.4 Å². The van der Waals surface area contributed by atoms with E-state index in [1.165, 1.54) is 0 Å². The van der Waals surface area contributed by atoms with E-state index < -0.39 is 0 Å². The lowest BCUT2D eigenvalue weighted by Crippen LogP contribution is -2.21. The molecule has 0 amide bonds. The average molecular weight is 325 g/mol. The minimum Gasteiger partial charge on any atom is -0.439 e. The molecule has 1 heterocycles. The van der Waals surface area contributed by atoms with Gasteiger partial charge in [-0.25, -0.2) is 4.98 Å². The summed E-state index contributed by atoms with van der Waals surface area (Å²) < 4.78 is 5.76. The minimum atomic E-state index is 0.429. The summed E-state index contributed by atoms with van der Waals surface area (Å²) >= 11 is 11.9. The number of ether oxygens (including phenoxy) is 1. The van der Waals surface area contributed by atoms with Crippen molar-refractivity contribution < 1.29 is 4.74 Å². The Morgan fingerprint density at radius 2 is 1.90 bits per heavy atom. The monoisotopic (exact) mass is 324 g/mol. The van der Waals surface area contributed by atoms with Crippen LogP contribution in [-0.2, 0) is 6.54 Å². The Balaban J connectivity index is 2.17. The Morgan fingerprint density at radius 3 is 2.57 bits per heavy atom. The molecule has 3 nitrogen and oxygen atoms in total. The van der Waals surface area contributed by atoms with Gasteiger partial charge < -0.3 is 10.1 Å². The number of halogens is 2. The maximum absolute atomic E-state index is 5.98. The molecule has 2 rings (SSSR count). The van der Waals surface area contributed by atoms with Gasteiger partial charge in [0.05, 0.1) is 10.0 Å². The minimum absolute atomic E-state index is 0.429. The van der Waals surface area contributed by atoms with E-state index in [2.05, 4.69) is 24.1 Å². The molecule has 1 aromatic heterocycles. The van der Waals surface area contributed by atoms with Gasteiger partial charge in [0, 0.05) is 30.4 Å². The van der Waals surface area contributed by atoms with Crippen molar-refractivity contribution in [1.82, 2.24) is 10.3 Å². The van der Waals surface area contributed by atoms with Crippen molar-refractivity contribution >= 4 is 23.2 Å². The normalized spacial score (nSPS) is 11.0. The predicted octanol–water partition coefficient (Wildman–Crippen LogP) is 4.99. The number of aromatic nitrogens is 1. The lowest BCUT2D eigenvalue weighted by molar-refractivity contribution is 0.460. The van der Waals surface area contributed by atoms with E-state index in [1.807, 2.05) is 19.1 Å². The van der Waals surface area contributed by atoms with Crippen LogP contribution in [0.5, 0.6) is 11.6 Å². The molecule has 21 heavy (non-hydrogen) atoms. The third-order valence-corrected chi connectivity index (χ3v) is 3.56. The number of nitrogens with zero attached hydrogens (tertiary/aromatic N) is 1. The number of hydrogen-bond donors (Lipinski definition) is 1.